The highest BCUT2D eigenvalue weighted by molar-refractivity contribution is 9.11. The molecule has 0 aliphatic heterocycles. The quantitative estimate of drug-likeness (QED) is 0.766. The van der Waals surface area contributed by atoms with E-state index in [0.717, 1.165) is 9.85 Å². The molecule has 0 amide bonds. The molecule has 0 aliphatic rings. The number of benzene rings is 1. The summed E-state index contributed by atoms with van der Waals surface area (Å²) in [6.45, 7) is 0. The number of hydrogen-bond donors (Lipinski definition) is 0. The summed E-state index contributed by atoms with van der Waals surface area (Å²) in [4.78, 5) is 11.8. The van der Waals surface area contributed by atoms with Crippen molar-refractivity contribution in [3.63, 3.8) is 0 Å². The van der Waals surface area contributed by atoms with Crippen molar-refractivity contribution in [3.8, 4) is 0 Å². The molecule has 0 atom stereocenters. The van der Waals surface area contributed by atoms with Gasteiger partial charge in [0.25, 0.3) is 0 Å². The van der Waals surface area contributed by atoms with Crippen LogP contribution in [0.2, 0.25) is 0 Å². The lowest BCUT2D eigenvalue weighted by Crippen LogP contribution is -2.04. The summed E-state index contributed by atoms with van der Waals surface area (Å²) in [5.41, 5.74) is 0.103. The summed E-state index contributed by atoms with van der Waals surface area (Å²) in [6.07, 6.45) is 0. The molecule has 0 aliphatic carbocycles. The van der Waals surface area contributed by atoms with Crippen LogP contribution < -0.4 is 0 Å². The first kappa shape index (κ1) is 11.4. The maximum Gasteiger partial charge on any atom is 0.196 e. The molecule has 0 saturated carbocycles. The van der Waals surface area contributed by atoms with Crippen molar-refractivity contribution in [2.45, 2.75) is 0 Å². The van der Waals surface area contributed by atoms with E-state index in [0.29, 0.717) is 5.56 Å². The second-order valence-corrected chi connectivity index (χ2v) is 5.36. The third-order valence-electron chi connectivity index (χ3n) is 2.03. The van der Waals surface area contributed by atoms with Crippen molar-refractivity contribution in [3.05, 3.63) is 56.2 Å². The van der Waals surface area contributed by atoms with Crippen molar-refractivity contribution in [1.29, 1.82) is 0 Å². The second kappa shape index (κ2) is 4.43. The second-order valence-electron chi connectivity index (χ2n) is 3.07. The lowest BCUT2D eigenvalue weighted by Gasteiger charge is -2.00. The van der Waals surface area contributed by atoms with Crippen LogP contribution in [0.1, 0.15) is 15.9 Å². The maximum atomic E-state index is 13.3. The first-order chi connectivity index (χ1) is 7.59. The Morgan fingerprint density at radius 3 is 2.69 bits per heavy atom. The Morgan fingerprint density at radius 1 is 1.31 bits per heavy atom. The minimum Gasteiger partial charge on any atom is -0.288 e. The number of thiophene rings is 1. The van der Waals surface area contributed by atoms with E-state index < -0.39 is 17.4 Å². The summed E-state index contributed by atoms with van der Waals surface area (Å²) >= 11 is 4.52. The maximum absolute atomic E-state index is 13.3. The van der Waals surface area contributed by atoms with E-state index >= 15 is 0 Å². The Hall–Kier alpha value is -1.07. The summed E-state index contributed by atoms with van der Waals surface area (Å²) < 4.78 is 27.0. The summed E-state index contributed by atoms with van der Waals surface area (Å²) in [5.74, 6) is -2.63. The van der Waals surface area contributed by atoms with Gasteiger partial charge < -0.3 is 0 Å². The Balaban J connectivity index is 2.45. The van der Waals surface area contributed by atoms with Crippen LogP contribution in [-0.4, -0.2) is 5.78 Å². The fourth-order valence-corrected chi connectivity index (χ4v) is 2.40. The van der Waals surface area contributed by atoms with E-state index in [-0.39, 0.29) is 5.56 Å². The zero-order valence-electron chi connectivity index (χ0n) is 7.84. The molecule has 1 aromatic carbocycles. The zero-order valence-corrected chi connectivity index (χ0v) is 10.2. The number of halogens is 3. The molecular weight excluding hydrogens is 298 g/mol. The summed E-state index contributed by atoms with van der Waals surface area (Å²) in [6, 6.07) is 5.15. The van der Waals surface area contributed by atoms with Gasteiger partial charge >= 0.3 is 0 Å². The fourth-order valence-electron chi connectivity index (χ4n) is 1.26. The van der Waals surface area contributed by atoms with E-state index in [1.807, 2.05) is 0 Å². The van der Waals surface area contributed by atoms with Gasteiger partial charge in [-0.05, 0) is 34.1 Å². The van der Waals surface area contributed by atoms with Crippen molar-refractivity contribution in [2.24, 2.45) is 0 Å². The summed E-state index contributed by atoms with van der Waals surface area (Å²) in [7, 11) is 0. The van der Waals surface area contributed by atoms with Crippen LogP contribution in [0.4, 0.5) is 8.78 Å². The smallest absolute Gasteiger partial charge is 0.196 e. The molecule has 5 heteroatoms. The molecule has 0 unspecified atom stereocenters. The van der Waals surface area contributed by atoms with Gasteiger partial charge in [-0.3, -0.25) is 4.79 Å². The summed E-state index contributed by atoms with van der Waals surface area (Å²) in [5, 5.41) is 1.59. The van der Waals surface area contributed by atoms with Crippen molar-refractivity contribution >= 4 is 33.0 Å². The number of hydrogen-bond acceptors (Lipinski definition) is 2. The van der Waals surface area contributed by atoms with Gasteiger partial charge in [0.15, 0.2) is 17.4 Å². The normalized spacial score (nSPS) is 10.4. The monoisotopic (exact) mass is 302 g/mol. The molecule has 2 aromatic rings. The van der Waals surface area contributed by atoms with E-state index in [1.165, 1.54) is 23.5 Å². The standard InChI is InChI=1S/C11H5BrF2OS/c12-9-4-6(5-16-9)11(15)7-2-1-3-8(13)10(7)14/h1-5H. The predicted octanol–water partition coefficient (Wildman–Crippen LogP) is 4.02. The Morgan fingerprint density at radius 2 is 2.06 bits per heavy atom. The van der Waals surface area contributed by atoms with Crippen LogP contribution in [0.5, 0.6) is 0 Å². The van der Waals surface area contributed by atoms with Crippen molar-refractivity contribution in [1.82, 2.24) is 0 Å². The molecule has 0 spiro atoms. The number of carbonyl (C=O) groups is 1. The average molecular weight is 303 g/mol. The molecule has 0 fully saturated rings. The van der Waals surface area contributed by atoms with Crippen molar-refractivity contribution < 1.29 is 13.6 Å². The first-order valence-corrected chi connectivity index (χ1v) is 5.99. The first-order valence-electron chi connectivity index (χ1n) is 4.32. The van der Waals surface area contributed by atoms with Crippen LogP contribution >= 0.6 is 27.3 Å². The molecule has 2 rings (SSSR count). The Kier molecular flexibility index (Phi) is 3.16. The zero-order chi connectivity index (χ0) is 11.7. The average Bonchev–Trinajstić information content (AvgIpc) is 2.68. The van der Waals surface area contributed by atoms with Crippen LogP contribution in [0, 0.1) is 11.6 Å². The topological polar surface area (TPSA) is 17.1 Å². The molecule has 1 aromatic heterocycles. The van der Waals surface area contributed by atoms with Crippen LogP contribution in [0.3, 0.4) is 0 Å². The Labute approximate surface area is 103 Å². The fraction of sp³-hybridized carbons (Fsp3) is 0. The van der Waals surface area contributed by atoms with Gasteiger partial charge in [0, 0.05) is 10.9 Å². The highest BCUT2D eigenvalue weighted by Crippen LogP contribution is 2.24. The highest BCUT2D eigenvalue weighted by atomic mass is 79.9. The van der Waals surface area contributed by atoms with E-state index in [9.17, 15) is 13.6 Å². The SMILES string of the molecule is O=C(c1csc(Br)c1)c1cccc(F)c1F. The van der Waals surface area contributed by atoms with Gasteiger partial charge in [-0.2, -0.15) is 0 Å². The number of rotatable bonds is 2. The molecule has 1 heterocycles. The van der Waals surface area contributed by atoms with Gasteiger partial charge in [-0.15, -0.1) is 11.3 Å². The number of ketones is 1. The predicted molar refractivity (Wildman–Crippen MR) is 61.8 cm³/mol. The number of carbonyl (C=O) groups excluding carboxylic acids is 1. The lowest BCUT2D eigenvalue weighted by molar-refractivity contribution is 0.103. The van der Waals surface area contributed by atoms with Crippen LogP contribution in [-0.2, 0) is 0 Å². The van der Waals surface area contributed by atoms with Gasteiger partial charge in [-0.25, -0.2) is 8.78 Å². The third-order valence-corrected chi connectivity index (χ3v) is 3.53. The molecule has 0 bridgehead atoms. The Bertz CT molecular complexity index is 551. The molecule has 0 saturated heterocycles. The van der Waals surface area contributed by atoms with Gasteiger partial charge in [0.2, 0.25) is 0 Å². The van der Waals surface area contributed by atoms with Crippen molar-refractivity contribution in [2.75, 3.05) is 0 Å². The highest BCUT2D eigenvalue weighted by Gasteiger charge is 2.17. The molecule has 82 valence electrons. The third kappa shape index (κ3) is 2.05. The van der Waals surface area contributed by atoms with Gasteiger partial charge in [0.05, 0.1) is 9.35 Å². The van der Waals surface area contributed by atoms with E-state index in [2.05, 4.69) is 15.9 Å². The van der Waals surface area contributed by atoms with Gasteiger partial charge in [0.1, 0.15) is 0 Å². The van der Waals surface area contributed by atoms with Crippen LogP contribution in [0.25, 0.3) is 0 Å². The molecule has 1 nitrogen and oxygen atoms in total. The molecule has 0 N–H and O–H groups in total. The van der Waals surface area contributed by atoms with E-state index in [1.54, 1.807) is 11.4 Å². The molecular formula is C11H5BrF2OS. The van der Waals surface area contributed by atoms with Crippen LogP contribution in [0.15, 0.2) is 33.4 Å². The largest absolute Gasteiger partial charge is 0.288 e. The van der Waals surface area contributed by atoms with Gasteiger partial charge in [-0.1, -0.05) is 6.07 Å². The minimum absolute atomic E-state index is 0.245. The van der Waals surface area contributed by atoms with E-state index in [4.69, 9.17) is 0 Å². The minimum atomic E-state index is -1.10. The molecule has 16 heavy (non-hydrogen) atoms. The molecule has 0 radical (unpaired) electrons. The lowest BCUT2D eigenvalue weighted by atomic mass is 10.1.